The number of carbonyl (C=O) groups excluding carboxylic acids is 1. The molecule has 0 radical (unpaired) electrons. The van der Waals surface area contributed by atoms with Crippen LogP contribution in [-0.4, -0.2) is 43.8 Å². The lowest BCUT2D eigenvalue weighted by Crippen LogP contribution is -2.42. The van der Waals surface area contributed by atoms with E-state index in [2.05, 4.69) is 27.1 Å². The molecule has 1 unspecified atom stereocenters. The van der Waals surface area contributed by atoms with Crippen molar-refractivity contribution in [3.05, 3.63) is 22.4 Å². The van der Waals surface area contributed by atoms with Gasteiger partial charge < -0.3 is 9.47 Å². The van der Waals surface area contributed by atoms with E-state index in [1.54, 1.807) is 11.3 Å². The topological polar surface area (TPSA) is 38.8 Å². The van der Waals surface area contributed by atoms with E-state index in [4.69, 9.17) is 4.74 Å². The Bertz CT molecular complexity index is 353. The molecule has 2 rings (SSSR count). The van der Waals surface area contributed by atoms with Gasteiger partial charge in [0, 0.05) is 24.5 Å². The van der Waals surface area contributed by atoms with Gasteiger partial charge in [-0.1, -0.05) is 6.07 Å². The summed E-state index contributed by atoms with van der Waals surface area (Å²) in [6.45, 7) is 3.36. The first-order chi connectivity index (χ1) is 8.28. The molecule has 0 saturated carbocycles. The zero-order valence-corrected chi connectivity index (χ0v) is 10.7. The van der Waals surface area contributed by atoms with Crippen LogP contribution in [0.4, 0.5) is 0 Å². The van der Waals surface area contributed by atoms with E-state index in [1.807, 2.05) is 0 Å². The maximum absolute atomic E-state index is 11.2. The molecule has 1 aromatic heterocycles. The highest BCUT2D eigenvalue weighted by atomic mass is 32.1. The highest BCUT2D eigenvalue weighted by Crippen LogP contribution is 2.16. The minimum atomic E-state index is -0.201. The third-order valence-electron chi connectivity index (χ3n) is 2.80. The van der Waals surface area contributed by atoms with Crippen molar-refractivity contribution in [1.82, 2.24) is 4.90 Å². The third kappa shape index (κ3) is 3.80. The molecule has 0 amide bonds. The number of ether oxygens (including phenoxy) is 2. The third-order valence-corrected chi connectivity index (χ3v) is 3.67. The number of hydrogen-bond acceptors (Lipinski definition) is 5. The summed E-state index contributed by atoms with van der Waals surface area (Å²) >= 11 is 1.76. The van der Waals surface area contributed by atoms with Crippen molar-refractivity contribution in [3.8, 4) is 0 Å². The molecule has 1 aliphatic rings. The number of rotatable bonds is 4. The van der Waals surface area contributed by atoms with Crippen molar-refractivity contribution in [1.29, 1.82) is 0 Å². The van der Waals surface area contributed by atoms with Crippen LogP contribution in [0.1, 0.15) is 11.3 Å². The number of methoxy groups -OCH3 is 1. The maximum Gasteiger partial charge on any atom is 0.308 e. The zero-order chi connectivity index (χ0) is 12.1. The van der Waals surface area contributed by atoms with Crippen LogP contribution in [0.5, 0.6) is 0 Å². The summed E-state index contributed by atoms with van der Waals surface area (Å²) in [5, 5.41) is 2.09. The average Bonchev–Trinajstić information content (AvgIpc) is 2.82. The fraction of sp³-hybridized carbons (Fsp3) is 0.583. The highest BCUT2D eigenvalue weighted by Gasteiger charge is 2.23. The summed E-state index contributed by atoms with van der Waals surface area (Å²) in [4.78, 5) is 14.9. The zero-order valence-electron chi connectivity index (χ0n) is 9.93. The molecule has 1 aromatic rings. The van der Waals surface area contributed by atoms with Crippen molar-refractivity contribution in [2.75, 3.05) is 26.8 Å². The number of carbonyl (C=O) groups is 1. The lowest BCUT2D eigenvalue weighted by molar-refractivity contribution is -0.145. The Morgan fingerprint density at radius 1 is 1.71 bits per heavy atom. The van der Waals surface area contributed by atoms with Crippen LogP contribution in [0, 0.1) is 0 Å². The molecular formula is C12H17NO3S. The van der Waals surface area contributed by atoms with Crippen LogP contribution < -0.4 is 0 Å². The first-order valence-electron chi connectivity index (χ1n) is 5.71. The standard InChI is InChI=1S/C12H17NO3S/c1-15-12(14)7-10-8-13(4-5-16-10)9-11-3-2-6-17-11/h2-3,6,10H,4-5,7-9H2,1H3. The molecule has 5 heteroatoms. The second-order valence-corrected chi connectivity index (χ2v) is 5.12. The lowest BCUT2D eigenvalue weighted by atomic mass is 10.2. The Morgan fingerprint density at radius 2 is 2.59 bits per heavy atom. The van der Waals surface area contributed by atoms with Gasteiger partial charge in [0.2, 0.25) is 0 Å². The van der Waals surface area contributed by atoms with Gasteiger partial charge in [0.25, 0.3) is 0 Å². The molecule has 1 saturated heterocycles. The van der Waals surface area contributed by atoms with E-state index >= 15 is 0 Å². The van der Waals surface area contributed by atoms with Gasteiger partial charge in [0.1, 0.15) is 0 Å². The van der Waals surface area contributed by atoms with Gasteiger partial charge in [0.05, 0.1) is 26.2 Å². The molecule has 0 spiro atoms. The van der Waals surface area contributed by atoms with E-state index in [-0.39, 0.29) is 12.1 Å². The predicted molar refractivity (Wildman–Crippen MR) is 66.0 cm³/mol. The Labute approximate surface area is 105 Å². The Balaban J connectivity index is 1.82. The largest absolute Gasteiger partial charge is 0.469 e. The van der Waals surface area contributed by atoms with E-state index in [0.717, 1.165) is 19.6 Å². The maximum atomic E-state index is 11.2. The molecule has 1 atom stereocenters. The quantitative estimate of drug-likeness (QED) is 0.765. The minimum Gasteiger partial charge on any atom is -0.469 e. The number of morpholine rings is 1. The average molecular weight is 255 g/mol. The Hall–Kier alpha value is -0.910. The van der Waals surface area contributed by atoms with Crippen molar-refractivity contribution in [2.24, 2.45) is 0 Å². The Morgan fingerprint density at radius 3 is 3.29 bits per heavy atom. The normalized spacial score (nSPS) is 21.4. The molecule has 0 aromatic carbocycles. The number of thiophene rings is 1. The number of hydrogen-bond donors (Lipinski definition) is 0. The van der Waals surface area contributed by atoms with E-state index in [1.165, 1.54) is 12.0 Å². The molecule has 4 nitrogen and oxygen atoms in total. The lowest BCUT2D eigenvalue weighted by Gasteiger charge is -2.32. The monoisotopic (exact) mass is 255 g/mol. The van der Waals surface area contributed by atoms with Crippen LogP contribution in [0.3, 0.4) is 0 Å². The van der Waals surface area contributed by atoms with Crippen LogP contribution >= 0.6 is 11.3 Å². The molecule has 17 heavy (non-hydrogen) atoms. The summed E-state index contributed by atoms with van der Waals surface area (Å²) in [6, 6.07) is 4.20. The molecule has 1 aliphatic heterocycles. The first-order valence-corrected chi connectivity index (χ1v) is 6.59. The van der Waals surface area contributed by atoms with Crippen molar-refractivity contribution < 1.29 is 14.3 Å². The summed E-state index contributed by atoms with van der Waals surface area (Å²) < 4.78 is 10.2. The summed E-state index contributed by atoms with van der Waals surface area (Å²) in [5.74, 6) is -0.201. The van der Waals surface area contributed by atoms with Crippen LogP contribution in [0.15, 0.2) is 17.5 Å². The van der Waals surface area contributed by atoms with E-state index in [0.29, 0.717) is 13.0 Å². The Kier molecular flexibility index (Phi) is 4.53. The molecule has 0 bridgehead atoms. The van der Waals surface area contributed by atoms with Gasteiger partial charge in [-0.05, 0) is 11.4 Å². The van der Waals surface area contributed by atoms with Crippen molar-refractivity contribution in [2.45, 2.75) is 19.1 Å². The van der Waals surface area contributed by atoms with E-state index in [9.17, 15) is 4.79 Å². The van der Waals surface area contributed by atoms with Gasteiger partial charge in [-0.2, -0.15) is 0 Å². The molecule has 2 heterocycles. The van der Waals surface area contributed by atoms with Crippen LogP contribution in [0.25, 0.3) is 0 Å². The molecule has 1 fully saturated rings. The molecular weight excluding hydrogens is 238 g/mol. The fourth-order valence-electron chi connectivity index (χ4n) is 1.94. The minimum absolute atomic E-state index is 0.0313. The molecule has 0 N–H and O–H groups in total. The van der Waals surface area contributed by atoms with Crippen molar-refractivity contribution >= 4 is 17.3 Å². The van der Waals surface area contributed by atoms with Gasteiger partial charge in [-0.15, -0.1) is 11.3 Å². The highest BCUT2D eigenvalue weighted by molar-refractivity contribution is 7.09. The van der Waals surface area contributed by atoms with Crippen molar-refractivity contribution in [3.63, 3.8) is 0 Å². The van der Waals surface area contributed by atoms with Crippen LogP contribution in [0.2, 0.25) is 0 Å². The number of esters is 1. The van der Waals surface area contributed by atoms with Crippen LogP contribution in [-0.2, 0) is 20.8 Å². The fourth-order valence-corrected chi connectivity index (χ4v) is 2.69. The van der Waals surface area contributed by atoms with Gasteiger partial charge in [0.15, 0.2) is 0 Å². The SMILES string of the molecule is COC(=O)CC1CN(Cc2cccs2)CCO1. The predicted octanol–water partition coefficient (Wildman–Crippen LogP) is 1.51. The van der Waals surface area contributed by atoms with Gasteiger partial charge in [-0.3, -0.25) is 9.69 Å². The molecule has 94 valence electrons. The number of nitrogens with zero attached hydrogens (tertiary/aromatic N) is 1. The second kappa shape index (κ2) is 6.14. The first kappa shape index (κ1) is 12.5. The smallest absolute Gasteiger partial charge is 0.308 e. The van der Waals surface area contributed by atoms with Gasteiger partial charge in [-0.25, -0.2) is 0 Å². The second-order valence-electron chi connectivity index (χ2n) is 4.09. The van der Waals surface area contributed by atoms with E-state index < -0.39 is 0 Å². The summed E-state index contributed by atoms with van der Waals surface area (Å²) in [6.07, 6.45) is 0.313. The summed E-state index contributed by atoms with van der Waals surface area (Å²) in [7, 11) is 1.41. The summed E-state index contributed by atoms with van der Waals surface area (Å²) in [5.41, 5.74) is 0. The van der Waals surface area contributed by atoms with Gasteiger partial charge >= 0.3 is 5.97 Å². The molecule has 0 aliphatic carbocycles.